The summed E-state index contributed by atoms with van der Waals surface area (Å²) in [4.78, 5) is 12.1. The van der Waals surface area contributed by atoms with Crippen LogP contribution in [0, 0.1) is 10.8 Å². The average molecular weight is 242 g/mol. The van der Waals surface area contributed by atoms with Gasteiger partial charge in [0, 0.05) is 0 Å². The summed E-state index contributed by atoms with van der Waals surface area (Å²) in [6, 6.07) is 0. The fourth-order valence-electron chi connectivity index (χ4n) is 2.03. The molecule has 0 amide bonds. The zero-order chi connectivity index (χ0) is 13.1. The van der Waals surface area contributed by atoms with E-state index in [0.29, 0.717) is 6.61 Å². The number of carbonyl (C=O) groups is 1. The molecular weight excluding hydrogens is 216 g/mol. The summed E-state index contributed by atoms with van der Waals surface area (Å²) in [6.45, 7) is 11.8. The molecule has 0 aromatic heterocycles. The van der Waals surface area contributed by atoms with Crippen LogP contribution in [0.1, 0.15) is 53.9 Å². The zero-order valence-corrected chi connectivity index (χ0v) is 11.8. The van der Waals surface area contributed by atoms with Gasteiger partial charge in [0.15, 0.2) is 0 Å². The van der Waals surface area contributed by atoms with Crippen LogP contribution in [0.5, 0.6) is 0 Å². The molecule has 0 spiro atoms. The van der Waals surface area contributed by atoms with Crippen LogP contribution in [0.25, 0.3) is 0 Å². The third-order valence-corrected chi connectivity index (χ3v) is 3.90. The molecule has 2 unspecified atom stereocenters. The minimum atomic E-state index is -0.367. The van der Waals surface area contributed by atoms with Gasteiger partial charge >= 0.3 is 5.97 Å². The minimum Gasteiger partial charge on any atom is -0.462 e. The zero-order valence-electron chi connectivity index (χ0n) is 11.8. The Morgan fingerprint density at radius 1 is 1.29 bits per heavy atom. The van der Waals surface area contributed by atoms with Crippen molar-refractivity contribution in [2.45, 2.75) is 60.0 Å². The van der Waals surface area contributed by atoms with Crippen LogP contribution < -0.4 is 0 Å². The second-order valence-corrected chi connectivity index (χ2v) is 6.16. The standard InChI is InChI=1S/C14H26O3/c1-6-13(3,4)10-14(5,7-2)12(15)17-9-11-8-16-11/h11H,6-10H2,1-5H3. The van der Waals surface area contributed by atoms with Crippen molar-refractivity contribution in [3.63, 3.8) is 0 Å². The molecule has 0 aromatic rings. The second kappa shape index (κ2) is 5.38. The quantitative estimate of drug-likeness (QED) is 0.508. The van der Waals surface area contributed by atoms with Gasteiger partial charge in [0.1, 0.15) is 12.7 Å². The van der Waals surface area contributed by atoms with Gasteiger partial charge in [-0.2, -0.15) is 0 Å². The highest BCUT2D eigenvalue weighted by Crippen LogP contribution is 2.39. The lowest BCUT2D eigenvalue weighted by Gasteiger charge is -2.34. The summed E-state index contributed by atoms with van der Waals surface area (Å²) in [5.74, 6) is -0.0722. The van der Waals surface area contributed by atoms with E-state index >= 15 is 0 Å². The molecule has 1 rings (SSSR count). The number of carbonyl (C=O) groups excluding carboxylic acids is 1. The van der Waals surface area contributed by atoms with Crippen molar-refractivity contribution in [2.24, 2.45) is 10.8 Å². The highest BCUT2D eigenvalue weighted by Gasteiger charge is 2.38. The number of hydrogen-bond acceptors (Lipinski definition) is 3. The molecule has 2 atom stereocenters. The smallest absolute Gasteiger partial charge is 0.311 e. The fourth-order valence-corrected chi connectivity index (χ4v) is 2.03. The summed E-state index contributed by atoms with van der Waals surface area (Å²) in [6.07, 6.45) is 2.92. The van der Waals surface area contributed by atoms with Crippen LogP contribution in [0.2, 0.25) is 0 Å². The van der Waals surface area contributed by atoms with E-state index in [1.807, 2.05) is 6.92 Å². The van der Waals surface area contributed by atoms with Crippen molar-refractivity contribution >= 4 is 5.97 Å². The van der Waals surface area contributed by atoms with Gasteiger partial charge < -0.3 is 9.47 Å². The van der Waals surface area contributed by atoms with E-state index in [9.17, 15) is 4.79 Å². The maximum absolute atomic E-state index is 12.1. The Balaban J connectivity index is 2.55. The molecule has 0 radical (unpaired) electrons. The number of rotatable bonds is 7. The van der Waals surface area contributed by atoms with E-state index in [2.05, 4.69) is 27.7 Å². The van der Waals surface area contributed by atoms with E-state index < -0.39 is 0 Å². The predicted octanol–water partition coefficient (Wildman–Crippen LogP) is 3.17. The molecule has 0 aromatic carbocycles. The molecule has 1 aliphatic heterocycles. The van der Waals surface area contributed by atoms with E-state index in [-0.39, 0.29) is 22.9 Å². The van der Waals surface area contributed by atoms with Gasteiger partial charge in [-0.15, -0.1) is 0 Å². The van der Waals surface area contributed by atoms with E-state index in [4.69, 9.17) is 9.47 Å². The van der Waals surface area contributed by atoms with E-state index in [0.717, 1.165) is 25.9 Å². The molecule has 1 aliphatic rings. The maximum atomic E-state index is 12.1. The number of epoxide rings is 1. The van der Waals surface area contributed by atoms with Gasteiger partial charge in [-0.3, -0.25) is 4.79 Å². The molecule has 3 nitrogen and oxygen atoms in total. The van der Waals surface area contributed by atoms with Crippen LogP contribution in [0.3, 0.4) is 0 Å². The molecule has 1 heterocycles. The first-order chi connectivity index (χ1) is 7.83. The summed E-state index contributed by atoms with van der Waals surface area (Å²) in [5.41, 5.74) is -0.186. The first-order valence-corrected chi connectivity index (χ1v) is 6.62. The van der Waals surface area contributed by atoms with Crippen LogP contribution in [0.15, 0.2) is 0 Å². The lowest BCUT2D eigenvalue weighted by atomic mass is 9.71. The molecule has 0 saturated carbocycles. The fraction of sp³-hybridized carbons (Fsp3) is 0.929. The van der Waals surface area contributed by atoms with Gasteiger partial charge in [0.25, 0.3) is 0 Å². The van der Waals surface area contributed by atoms with Crippen LogP contribution in [0.4, 0.5) is 0 Å². The Morgan fingerprint density at radius 2 is 1.88 bits per heavy atom. The lowest BCUT2D eigenvalue weighted by Crippen LogP contribution is -2.35. The molecule has 0 bridgehead atoms. The van der Waals surface area contributed by atoms with Crippen molar-refractivity contribution in [2.75, 3.05) is 13.2 Å². The Bertz CT molecular complexity index is 269. The molecule has 1 saturated heterocycles. The average Bonchev–Trinajstić information content (AvgIpc) is 3.09. The Morgan fingerprint density at radius 3 is 2.29 bits per heavy atom. The van der Waals surface area contributed by atoms with Crippen molar-refractivity contribution in [3.8, 4) is 0 Å². The normalized spacial score (nSPS) is 23.0. The third kappa shape index (κ3) is 4.30. The maximum Gasteiger partial charge on any atom is 0.311 e. The van der Waals surface area contributed by atoms with Crippen LogP contribution >= 0.6 is 0 Å². The first-order valence-electron chi connectivity index (χ1n) is 6.62. The summed E-state index contributed by atoms with van der Waals surface area (Å²) in [7, 11) is 0. The first kappa shape index (κ1) is 14.5. The largest absolute Gasteiger partial charge is 0.462 e. The SMILES string of the molecule is CCC(C)(C)CC(C)(CC)C(=O)OCC1CO1. The summed E-state index contributed by atoms with van der Waals surface area (Å²) >= 11 is 0. The predicted molar refractivity (Wildman–Crippen MR) is 67.8 cm³/mol. The molecule has 0 N–H and O–H groups in total. The van der Waals surface area contributed by atoms with Gasteiger partial charge in [-0.05, 0) is 25.2 Å². The van der Waals surface area contributed by atoms with Gasteiger partial charge in [-0.1, -0.05) is 34.1 Å². The summed E-state index contributed by atoms with van der Waals surface area (Å²) in [5, 5.41) is 0. The highest BCUT2D eigenvalue weighted by atomic mass is 16.6. The Labute approximate surface area is 105 Å². The minimum absolute atomic E-state index is 0.0722. The molecule has 17 heavy (non-hydrogen) atoms. The molecule has 3 heteroatoms. The van der Waals surface area contributed by atoms with E-state index in [1.165, 1.54) is 0 Å². The van der Waals surface area contributed by atoms with Crippen LogP contribution in [-0.4, -0.2) is 25.3 Å². The number of hydrogen-bond donors (Lipinski definition) is 0. The second-order valence-electron chi connectivity index (χ2n) is 6.16. The monoisotopic (exact) mass is 242 g/mol. The number of ether oxygens (including phenoxy) is 2. The van der Waals surface area contributed by atoms with Crippen molar-refractivity contribution in [1.29, 1.82) is 0 Å². The van der Waals surface area contributed by atoms with Gasteiger partial charge in [0.2, 0.25) is 0 Å². The molecular formula is C14H26O3. The van der Waals surface area contributed by atoms with E-state index in [1.54, 1.807) is 0 Å². The molecule has 0 aliphatic carbocycles. The van der Waals surface area contributed by atoms with Crippen LogP contribution in [-0.2, 0) is 14.3 Å². The van der Waals surface area contributed by atoms with Gasteiger partial charge in [0.05, 0.1) is 12.0 Å². The topological polar surface area (TPSA) is 38.8 Å². The Kier molecular flexibility index (Phi) is 4.59. The lowest BCUT2D eigenvalue weighted by molar-refractivity contribution is -0.157. The van der Waals surface area contributed by atoms with Crippen molar-refractivity contribution in [1.82, 2.24) is 0 Å². The Hall–Kier alpha value is -0.570. The third-order valence-electron chi connectivity index (χ3n) is 3.90. The molecule has 100 valence electrons. The highest BCUT2D eigenvalue weighted by molar-refractivity contribution is 5.76. The summed E-state index contributed by atoms with van der Waals surface area (Å²) < 4.78 is 10.4. The van der Waals surface area contributed by atoms with Crippen molar-refractivity contribution < 1.29 is 14.3 Å². The van der Waals surface area contributed by atoms with Gasteiger partial charge in [-0.25, -0.2) is 0 Å². The molecule has 1 fully saturated rings. The van der Waals surface area contributed by atoms with Crippen molar-refractivity contribution in [3.05, 3.63) is 0 Å². The number of esters is 1.